The third-order valence-corrected chi connectivity index (χ3v) is 7.66. The normalized spacial score (nSPS) is 16.9. The van der Waals surface area contributed by atoms with Crippen molar-refractivity contribution in [3.8, 4) is 6.07 Å². The number of nitrogens with one attached hydrogen (secondary N) is 2. The first kappa shape index (κ1) is 26.2. The zero-order valence-electron chi connectivity index (χ0n) is 17.2. The highest BCUT2D eigenvalue weighted by atomic mass is 35.5. The van der Waals surface area contributed by atoms with Gasteiger partial charge in [-0.3, -0.25) is 10.1 Å². The topological polar surface area (TPSA) is 99.1 Å². The average Bonchev–Trinajstić information content (AvgIpc) is 3.52. The van der Waals surface area contributed by atoms with Gasteiger partial charge in [0.25, 0.3) is 0 Å². The number of sulfone groups is 1. The standard InChI is InChI=1S/C21H17Cl2F4N3O3S/c22-15-6-5-14(9-16(15)23)34(32,33)10-17(19(31)30-20(11-28)7-8-20)29-18(21(25,26)27)12-1-3-13(24)4-2-12/h1-6,9,17-18,29H,7-8,10H2,(H,30,31)/t17-,18-/m0/s1. The lowest BCUT2D eigenvalue weighted by atomic mass is 10.0. The van der Waals surface area contributed by atoms with Gasteiger partial charge in [0.2, 0.25) is 5.91 Å². The Bertz CT molecular complexity index is 1230. The van der Waals surface area contributed by atoms with Crippen molar-refractivity contribution >= 4 is 38.9 Å². The minimum Gasteiger partial charge on any atom is -0.336 e. The van der Waals surface area contributed by atoms with E-state index in [4.69, 9.17) is 23.2 Å². The van der Waals surface area contributed by atoms with Crippen molar-refractivity contribution < 1.29 is 30.8 Å². The van der Waals surface area contributed by atoms with Gasteiger partial charge < -0.3 is 5.32 Å². The molecule has 0 spiro atoms. The Kier molecular flexibility index (Phi) is 7.48. The number of carbonyl (C=O) groups excluding carboxylic acids is 1. The first-order chi connectivity index (χ1) is 15.8. The van der Waals surface area contributed by atoms with E-state index in [0.29, 0.717) is 0 Å². The lowest BCUT2D eigenvalue weighted by molar-refractivity contribution is -0.160. The van der Waals surface area contributed by atoms with Crippen LogP contribution in [0.3, 0.4) is 0 Å². The Labute approximate surface area is 202 Å². The maximum absolute atomic E-state index is 13.9. The van der Waals surface area contributed by atoms with Crippen LogP contribution in [0.2, 0.25) is 10.0 Å². The summed E-state index contributed by atoms with van der Waals surface area (Å²) in [5.41, 5.74) is -1.69. The number of amides is 1. The van der Waals surface area contributed by atoms with Crippen molar-refractivity contribution in [1.29, 1.82) is 5.26 Å². The number of halogens is 6. The van der Waals surface area contributed by atoms with Crippen molar-refractivity contribution in [3.63, 3.8) is 0 Å². The fourth-order valence-corrected chi connectivity index (χ4v) is 4.95. The molecule has 0 aliphatic heterocycles. The van der Waals surface area contributed by atoms with Gasteiger partial charge in [-0.1, -0.05) is 35.3 Å². The van der Waals surface area contributed by atoms with Gasteiger partial charge in [-0.2, -0.15) is 18.4 Å². The molecule has 1 saturated carbocycles. The van der Waals surface area contributed by atoms with Gasteiger partial charge in [-0.25, -0.2) is 12.8 Å². The van der Waals surface area contributed by atoms with Crippen LogP contribution >= 0.6 is 23.2 Å². The Morgan fingerprint density at radius 1 is 1.12 bits per heavy atom. The Hall–Kier alpha value is -2.39. The smallest absolute Gasteiger partial charge is 0.336 e. The molecule has 0 bridgehead atoms. The molecule has 182 valence electrons. The van der Waals surface area contributed by atoms with Gasteiger partial charge in [0, 0.05) is 0 Å². The average molecular weight is 538 g/mol. The minimum atomic E-state index is -4.96. The molecule has 6 nitrogen and oxygen atoms in total. The van der Waals surface area contributed by atoms with Gasteiger partial charge in [0.1, 0.15) is 23.4 Å². The van der Waals surface area contributed by atoms with E-state index in [9.17, 15) is 36.0 Å². The Balaban J connectivity index is 1.96. The molecule has 0 heterocycles. The molecule has 2 N–H and O–H groups in total. The zero-order chi connectivity index (χ0) is 25.3. The van der Waals surface area contributed by atoms with Gasteiger partial charge in [-0.15, -0.1) is 0 Å². The van der Waals surface area contributed by atoms with Crippen LogP contribution in [-0.4, -0.2) is 37.8 Å². The molecule has 2 aromatic rings. The first-order valence-corrected chi connectivity index (χ1v) is 12.2. The quantitative estimate of drug-likeness (QED) is 0.488. The first-order valence-electron chi connectivity index (χ1n) is 9.76. The highest BCUT2D eigenvalue weighted by molar-refractivity contribution is 7.91. The summed E-state index contributed by atoms with van der Waals surface area (Å²) in [4.78, 5) is 12.5. The van der Waals surface area contributed by atoms with Crippen LogP contribution in [0.5, 0.6) is 0 Å². The number of alkyl halides is 3. The summed E-state index contributed by atoms with van der Waals surface area (Å²) in [6.45, 7) is 0. The molecule has 1 aliphatic rings. The maximum atomic E-state index is 13.9. The lowest BCUT2D eigenvalue weighted by Gasteiger charge is -2.28. The Morgan fingerprint density at radius 2 is 1.74 bits per heavy atom. The van der Waals surface area contributed by atoms with Crippen molar-refractivity contribution in [2.75, 3.05) is 5.75 Å². The fraction of sp³-hybridized carbons (Fsp3) is 0.333. The number of nitrogens with zero attached hydrogens (tertiary/aromatic N) is 1. The molecular weight excluding hydrogens is 521 g/mol. The van der Waals surface area contributed by atoms with Crippen LogP contribution in [0.15, 0.2) is 47.4 Å². The van der Waals surface area contributed by atoms with Crippen LogP contribution in [-0.2, 0) is 14.6 Å². The van der Waals surface area contributed by atoms with Crippen LogP contribution in [0.4, 0.5) is 17.6 Å². The predicted molar refractivity (Wildman–Crippen MR) is 116 cm³/mol. The second-order valence-electron chi connectivity index (χ2n) is 7.79. The third-order valence-electron chi connectivity index (χ3n) is 5.18. The van der Waals surface area contributed by atoms with E-state index in [0.717, 1.165) is 36.4 Å². The number of hydrogen-bond donors (Lipinski definition) is 2. The molecule has 0 unspecified atom stereocenters. The monoisotopic (exact) mass is 537 g/mol. The molecule has 1 fully saturated rings. The minimum absolute atomic E-state index is 0.0613. The van der Waals surface area contributed by atoms with Crippen molar-refractivity contribution in [1.82, 2.24) is 10.6 Å². The molecule has 2 atom stereocenters. The van der Waals surface area contributed by atoms with Gasteiger partial charge in [0.15, 0.2) is 9.84 Å². The summed E-state index contributed by atoms with van der Waals surface area (Å²) < 4.78 is 80.8. The van der Waals surface area contributed by atoms with Crippen LogP contribution in [0.25, 0.3) is 0 Å². The van der Waals surface area contributed by atoms with Gasteiger partial charge >= 0.3 is 6.18 Å². The van der Waals surface area contributed by atoms with Crippen molar-refractivity contribution in [2.24, 2.45) is 0 Å². The lowest BCUT2D eigenvalue weighted by Crippen LogP contribution is -2.54. The summed E-state index contributed by atoms with van der Waals surface area (Å²) in [5, 5.41) is 13.6. The molecule has 34 heavy (non-hydrogen) atoms. The molecule has 0 radical (unpaired) electrons. The van der Waals surface area contributed by atoms with Crippen LogP contribution in [0, 0.1) is 17.1 Å². The number of carbonyl (C=O) groups is 1. The number of benzene rings is 2. The molecule has 3 rings (SSSR count). The van der Waals surface area contributed by atoms with Crippen molar-refractivity contribution in [2.45, 2.75) is 41.5 Å². The largest absolute Gasteiger partial charge is 0.407 e. The highest BCUT2D eigenvalue weighted by Gasteiger charge is 2.48. The van der Waals surface area contributed by atoms with E-state index in [2.05, 4.69) is 5.32 Å². The number of rotatable bonds is 8. The molecule has 1 amide bonds. The summed E-state index contributed by atoms with van der Waals surface area (Å²) in [6, 6.07) is 4.16. The van der Waals surface area contributed by atoms with Crippen LogP contribution < -0.4 is 10.6 Å². The summed E-state index contributed by atoms with van der Waals surface area (Å²) in [7, 11) is -4.34. The summed E-state index contributed by atoms with van der Waals surface area (Å²) in [5.74, 6) is -2.95. The SMILES string of the molecule is N#CC1(NC(=O)[C@H](CS(=O)(=O)c2ccc(Cl)c(Cl)c2)N[C@@H](c2ccc(F)cc2)C(F)(F)F)CC1. The second-order valence-corrected chi connectivity index (χ2v) is 10.6. The maximum Gasteiger partial charge on any atom is 0.407 e. The van der Waals surface area contributed by atoms with E-state index in [1.54, 1.807) is 0 Å². The Morgan fingerprint density at radius 3 is 2.24 bits per heavy atom. The van der Waals surface area contributed by atoms with E-state index in [-0.39, 0.29) is 27.8 Å². The molecule has 1 aliphatic carbocycles. The summed E-state index contributed by atoms with van der Waals surface area (Å²) in [6.07, 6.45) is -4.40. The molecular formula is C21H17Cl2F4N3O3S. The molecule has 0 aromatic heterocycles. The zero-order valence-corrected chi connectivity index (χ0v) is 19.5. The molecule has 0 saturated heterocycles. The van der Waals surface area contributed by atoms with E-state index >= 15 is 0 Å². The molecule has 2 aromatic carbocycles. The fourth-order valence-electron chi connectivity index (χ4n) is 3.13. The summed E-state index contributed by atoms with van der Waals surface area (Å²) >= 11 is 11.7. The van der Waals surface area contributed by atoms with Crippen LogP contribution in [0.1, 0.15) is 24.4 Å². The van der Waals surface area contributed by atoms with E-state index in [1.165, 1.54) is 6.07 Å². The van der Waals surface area contributed by atoms with Gasteiger partial charge in [-0.05, 0) is 48.7 Å². The van der Waals surface area contributed by atoms with E-state index < -0.39 is 56.7 Å². The second kappa shape index (κ2) is 9.70. The third kappa shape index (κ3) is 6.18. The number of hydrogen-bond acceptors (Lipinski definition) is 5. The predicted octanol–water partition coefficient (Wildman–Crippen LogP) is 4.34. The van der Waals surface area contributed by atoms with E-state index in [1.807, 2.05) is 11.4 Å². The van der Waals surface area contributed by atoms with Gasteiger partial charge in [0.05, 0.1) is 26.8 Å². The van der Waals surface area contributed by atoms with Crippen molar-refractivity contribution in [3.05, 3.63) is 63.9 Å². The number of nitriles is 1. The highest BCUT2D eigenvalue weighted by Crippen LogP contribution is 2.36. The molecule has 13 heteroatoms.